The first-order chi connectivity index (χ1) is 10.2. The predicted octanol–water partition coefficient (Wildman–Crippen LogP) is 4.05. The Kier molecular flexibility index (Phi) is 3.64. The van der Waals surface area contributed by atoms with Gasteiger partial charge in [-0.1, -0.05) is 0 Å². The zero-order chi connectivity index (χ0) is 14.7. The van der Waals surface area contributed by atoms with E-state index in [2.05, 4.69) is 15.3 Å². The van der Waals surface area contributed by atoms with Crippen LogP contribution < -0.4 is 5.32 Å². The highest BCUT2D eigenvalue weighted by Crippen LogP contribution is 2.23. The summed E-state index contributed by atoms with van der Waals surface area (Å²) in [5.74, 6) is 0.400. The largest absolute Gasteiger partial charge is 0.444 e. The normalized spacial score (nSPS) is 12.1. The van der Waals surface area contributed by atoms with Crippen molar-refractivity contribution >= 4 is 5.69 Å². The van der Waals surface area contributed by atoms with Crippen LogP contribution in [0.15, 0.2) is 59.6 Å². The van der Waals surface area contributed by atoms with Gasteiger partial charge in [0.05, 0.1) is 24.1 Å². The highest BCUT2D eigenvalue weighted by atomic mass is 19.1. The average molecular weight is 283 g/mol. The van der Waals surface area contributed by atoms with Crippen molar-refractivity contribution in [1.29, 1.82) is 0 Å². The van der Waals surface area contributed by atoms with Crippen molar-refractivity contribution in [3.63, 3.8) is 0 Å². The molecule has 3 rings (SSSR count). The van der Waals surface area contributed by atoms with Gasteiger partial charge in [-0.15, -0.1) is 0 Å². The van der Waals surface area contributed by atoms with Gasteiger partial charge in [-0.25, -0.2) is 9.37 Å². The van der Waals surface area contributed by atoms with Crippen molar-refractivity contribution in [2.24, 2.45) is 0 Å². The van der Waals surface area contributed by atoms with Gasteiger partial charge in [0.15, 0.2) is 12.2 Å². The van der Waals surface area contributed by atoms with Crippen LogP contribution in [0.1, 0.15) is 18.7 Å². The highest BCUT2D eigenvalue weighted by Gasteiger charge is 2.07. The van der Waals surface area contributed by atoms with Gasteiger partial charge in [0.25, 0.3) is 0 Å². The van der Waals surface area contributed by atoms with E-state index in [1.165, 1.54) is 18.7 Å². The molecule has 0 saturated carbocycles. The summed E-state index contributed by atoms with van der Waals surface area (Å²) in [7, 11) is 0. The zero-order valence-corrected chi connectivity index (χ0v) is 11.5. The second-order valence-electron chi connectivity index (χ2n) is 4.71. The molecular formula is C16H14FN3O. The maximum absolute atomic E-state index is 12.9. The van der Waals surface area contributed by atoms with Crippen LogP contribution in [0.4, 0.5) is 10.1 Å². The molecule has 0 spiro atoms. The summed E-state index contributed by atoms with van der Waals surface area (Å²) in [6.45, 7) is 1.98. The van der Waals surface area contributed by atoms with Gasteiger partial charge in [0.2, 0.25) is 0 Å². The summed E-state index contributed by atoms with van der Waals surface area (Å²) in [6.07, 6.45) is 4.30. The molecular weight excluding hydrogens is 269 g/mol. The summed E-state index contributed by atoms with van der Waals surface area (Å²) in [6, 6.07) is 10.9. The van der Waals surface area contributed by atoms with Gasteiger partial charge in [0.1, 0.15) is 5.82 Å². The Bertz CT molecular complexity index is 693. The van der Waals surface area contributed by atoms with Crippen LogP contribution >= 0.6 is 0 Å². The van der Waals surface area contributed by atoms with Crippen molar-refractivity contribution in [3.8, 4) is 11.3 Å². The molecule has 0 aliphatic carbocycles. The number of hydrogen-bond acceptors (Lipinski definition) is 4. The first-order valence-corrected chi connectivity index (χ1v) is 6.59. The Morgan fingerprint density at radius 1 is 1.10 bits per heavy atom. The number of oxazole rings is 1. The standard InChI is InChI=1S/C16H14FN3O/c1-11(15-7-4-13(17)8-19-15)20-14-5-2-12(3-6-14)16-9-18-10-21-16/h2-11,20H,1H3. The molecule has 2 aromatic heterocycles. The lowest BCUT2D eigenvalue weighted by Gasteiger charge is -2.14. The smallest absolute Gasteiger partial charge is 0.181 e. The summed E-state index contributed by atoms with van der Waals surface area (Å²) < 4.78 is 18.1. The fraction of sp³-hybridized carbons (Fsp3) is 0.125. The Balaban J connectivity index is 1.71. The molecule has 5 heteroatoms. The van der Waals surface area contributed by atoms with Crippen LogP contribution in [0.3, 0.4) is 0 Å². The molecule has 21 heavy (non-hydrogen) atoms. The molecule has 1 N–H and O–H groups in total. The molecule has 0 aliphatic heterocycles. The van der Waals surface area contributed by atoms with Crippen LogP contribution in [-0.2, 0) is 0 Å². The molecule has 1 aromatic carbocycles. The molecule has 0 saturated heterocycles. The summed E-state index contributed by atoms with van der Waals surface area (Å²) in [4.78, 5) is 7.97. The Hall–Kier alpha value is -2.69. The van der Waals surface area contributed by atoms with Crippen molar-refractivity contribution in [2.45, 2.75) is 13.0 Å². The lowest BCUT2D eigenvalue weighted by Crippen LogP contribution is -2.08. The number of nitrogens with zero attached hydrogens (tertiary/aromatic N) is 2. The number of hydrogen-bond donors (Lipinski definition) is 1. The average Bonchev–Trinajstić information content (AvgIpc) is 3.03. The van der Waals surface area contributed by atoms with Crippen LogP contribution in [0.25, 0.3) is 11.3 Å². The quantitative estimate of drug-likeness (QED) is 0.784. The van der Waals surface area contributed by atoms with Crippen molar-refractivity contribution in [2.75, 3.05) is 5.32 Å². The second-order valence-corrected chi connectivity index (χ2v) is 4.71. The fourth-order valence-corrected chi connectivity index (χ4v) is 2.06. The van der Waals surface area contributed by atoms with Crippen LogP contribution in [-0.4, -0.2) is 9.97 Å². The maximum atomic E-state index is 12.9. The van der Waals surface area contributed by atoms with Gasteiger partial charge >= 0.3 is 0 Å². The Morgan fingerprint density at radius 3 is 2.52 bits per heavy atom. The molecule has 106 valence electrons. The third-order valence-electron chi connectivity index (χ3n) is 3.18. The zero-order valence-electron chi connectivity index (χ0n) is 11.5. The van der Waals surface area contributed by atoms with Crippen LogP contribution in [0.2, 0.25) is 0 Å². The number of nitrogens with one attached hydrogen (secondary N) is 1. The number of aromatic nitrogens is 2. The number of rotatable bonds is 4. The molecule has 2 heterocycles. The van der Waals surface area contributed by atoms with Gasteiger partial charge in [-0.2, -0.15) is 0 Å². The van der Waals surface area contributed by atoms with Crippen LogP contribution in [0.5, 0.6) is 0 Å². The monoisotopic (exact) mass is 283 g/mol. The molecule has 1 atom stereocenters. The van der Waals surface area contributed by atoms with E-state index < -0.39 is 0 Å². The minimum absolute atomic E-state index is 0.0123. The van der Waals surface area contributed by atoms with E-state index in [4.69, 9.17) is 4.42 Å². The lowest BCUT2D eigenvalue weighted by atomic mass is 10.1. The minimum Gasteiger partial charge on any atom is -0.444 e. The Labute approximate surface area is 121 Å². The topological polar surface area (TPSA) is 51.0 Å². The van der Waals surface area contributed by atoms with E-state index in [0.717, 1.165) is 22.7 Å². The van der Waals surface area contributed by atoms with Crippen LogP contribution in [0, 0.1) is 5.82 Å². The van der Waals surface area contributed by atoms with E-state index in [9.17, 15) is 4.39 Å². The molecule has 0 amide bonds. The summed E-state index contributed by atoms with van der Waals surface area (Å²) >= 11 is 0. The lowest BCUT2D eigenvalue weighted by molar-refractivity contribution is 0.572. The maximum Gasteiger partial charge on any atom is 0.181 e. The molecule has 0 fully saturated rings. The van der Waals surface area contributed by atoms with Gasteiger partial charge in [-0.05, 0) is 43.3 Å². The second kappa shape index (κ2) is 5.75. The molecule has 0 aliphatic rings. The molecule has 3 aromatic rings. The van der Waals surface area contributed by atoms with E-state index in [1.807, 2.05) is 31.2 Å². The third-order valence-corrected chi connectivity index (χ3v) is 3.18. The number of pyridine rings is 1. The first kappa shape index (κ1) is 13.3. The SMILES string of the molecule is CC(Nc1ccc(-c2cnco2)cc1)c1ccc(F)cn1. The molecule has 4 nitrogen and oxygen atoms in total. The Morgan fingerprint density at radius 2 is 1.90 bits per heavy atom. The molecule has 1 unspecified atom stereocenters. The van der Waals surface area contributed by atoms with Crippen molar-refractivity contribution < 1.29 is 8.81 Å². The van der Waals surface area contributed by atoms with Crippen molar-refractivity contribution in [1.82, 2.24) is 9.97 Å². The first-order valence-electron chi connectivity index (χ1n) is 6.59. The van der Waals surface area contributed by atoms with E-state index >= 15 is 0 Å². The summed E-state index contributed by atoms with van der Waals surface area (Å²) in [5, 5.41) is 3.32. The highest BCUT2D eigenvalue weighted by molar-refractivity contribution is 5.60. The number of anilines is 1. The van der Waals surface area contributed by atoms with Gasteiger partial charge < -0.3 is 9.73 Å². The number of benzene rings is 1. The fourth-order valence-electron chi connectivity index (χ4n) is 2.06. The van der Waals surface area contributed by atoms with E-state index in [-0.39, 0.29) is 11.9 Å². The third kappa shape index (κ3) is 3.08. The van der Waals surface area contributed by atoms with Gasteiger partial charge in [-0.3, -0.25) is 4.98 Å². The number of halogens is 1. The van der Waals surface area contributed by atoms with Crippen molar-refractivity contribution in [3.05, 3.63) is 66.7 Å². The molecule has 0 bridgehead atoms. The van der Waals surface area contributed by atoms with Gasteiger partial charge in [0, 0.05) is 11.3 Å². The minimum atomic E-state index is -0.331. The predicted molar refractivity (Wildman–Crippen MR) is 78.2 cm³/mol. The summed E-state index contributed by atoms with van der Waals surface area (Å²) in [5.41, 5.74) is 2.71. The van der Waals surface area contributed by atoms with E-state index in [1.54, 1.807) is 12.3 Å². The van der Waals surface area contributed by atoms with E-state index in [0.29, 0.717) is 0 Å². The molecule has 0 radical (unpaired) electrons.